The molecule has 15 heavy (non-hydrogen) atoms. The highest BCUT2D eigenvalue weighted by Crippen LogP contribution is 2.27. The number of ether oxygens (including phenoxy) is 1. The monoisotopic (exact) mass is 247 g/mol. The smallest absolute Gasteiger partial charge is 0.0996 e. The SMILES string of the molecule is OC1COCC1Nc1cc(Cl)ccc1Cl. The van der Waals surface area contributed by atoms with Crippen molar-refractivity contribution in [2.75, 3.05) is 18.5 Å². The van der Waals surface area contributed by atoms with Crippen LogP contribution in [0.5, 0.6) is 0 Å². The Morgan fingerprint density at radius 1 is 1.33 bits per heavy atom. The summed E-state index contributed by atoms with van der Waals surface area (Å²) >= 11 is 11.8. The molecule has 1 heterocycles. The van der Waals surface area contributed by atoms with Crippen molar-refractivity contribution in [2.45, 2.75) is 12.1 Å². The van der Waals surface area contributed by atoms with Gasteiger partial charge < -0.3 is 15.2 Å². The van der Waals surface area contributed by atoms with Crippen molar-refractivity contribution < 1.29 is 9.84 Å². The van der Waals surface area contributed by atoms with E-state index in [0.29, 0.717) is 23.3 Å². The van der Waals surface area contributed by atoms with Crippen molar-refractivity contribution in [2.24, 2.45) is 0 Å². The molecule has 0 radical (unpaired) electrons. The highest BCUT2D eigenvalue weighted by Gasteiger charge is 2.26. The summed E-state index contributed by atoms with van der Waals surface area (Å²) in [4.78, 5) is 0. The number of aliphatic hydroxyl groups is 1. The third kappa shape index (κ3) is 2.55. The normalized spacial score (nSPS) is 25.5. The molecule has 2 N–H and O–H groups in total. The van der Waals surface area contributed by atoms with Gasteiger partial charge in [0.25, 0.3) is 0 Å². The van der Waals surface area contributed by atoms with Crippen LogP contribution in [0.1, 0.15) is 0 Å². The molecule has 1 aromatic carbocycles. The van der Waals surface area contributed by atoms with E-state index in [1.165, 1.54) is 0 Å². The lowest BCUT2D eigenvalue weighted by Crippen LogP contribution is -2.31. The number of aliphatic hydroxyl groups excluding tert-OH is 1. The Labute approximate surface area is 97.9 Å². The molecular weight excluding hydrogens is 237 g/mol. The van der Waals surface area contributed by atoms with Gasteiger partial charge in [0.1, 0.15) is 0 Å². The number of nitrogens with one attached hydrogen (secondary N) is 1. The van der Waals surface area contributed by atoms with E-state index < -0.39 is 6.10 Å². The molecule has 2 atom stereocenters. The molecule has 5 heteroatoms. The summed E-state index contributed by atoms with van der Waals surface area (Å²) in [6, 6.07) is 5.04. The zero-order valence-electron chi connectivity index (χ0n) is 7.91. The van der Waals surface area contributed by atoms with Crippen molar-refractivity contribution in [3.8, 4) is 0 Å². The Balaban J connectivity index is 2.12. The second-order valence-electron chi connectivity index (χ2n) is 3.48. The summed E-state index contributed by atoms with van der Waals surface area (Å²) in [6.07, 6.45) is -0.500. The molecule has 3 nitrogen and oxygen atoms in total. The Morgan fingerprint density at radius 2 is 2.13 bits per heavy atom. The minimum atomic E-state index is -0.500. The summed E-state index contributed by atoms with van der Waals surface area (Å²) in [6.45, 7) is 0.833. The summed E-state index contributed by atoms with van der Waals surface area (Å²) in [5.41, 5.74) is 0.721. The first kappa shape index (κ1) is 11.0. The van der Waals surface area contributed by atoms with Gasteiger partial charge in [0, 0.05) is 5.02 Å². The molecule has 0 saturated carbocycles. The van der Waals surface area contributed by atoms with E-state index in [0.717, 1.165) is 5.69 Å². The van der Waals surface area contributed by atoms with E-state index in [4.69, 9.17) is 27.9 Å². The molecule has 82 valence electrons. The van der Waals surface area contributed by atoms with Crippen LogP contribution in [0.4, 0.5) is 5.69 Å². The van der Waals surface area contributed by atoms with Crippen LogP contribution in [-0.4, -0.2) is 30.5 Å². The van der Waals surface area contributed by atoms with Gasteiger partial charge in [-0.2, -0.15) is 0 Å². The van der Waals surface area contributed by atoms with Crippen LogP contribution in [0, 0.1) is 0 Å². The molecule has 0 amide bonds. The van der Waals surface area contributed by atoms with Crippen LogP contribution in [0.25, 0.3) is 0 Å². The summed E-state index contributed by atoms with van der Waals surface area (Å²) in [5, 5.41) is 13.8. The number of anilines is 1. The zero-order chi connectivity index (χ0) is 10.8. The molecular formula is C10H11Cl2NO2. The average Bonchev–Trinajstić information content (AvgIpc) is 2.58. The quantitative estimate of drug-likeness (QED) is 0.842. The van der Waals surface area contributed by atoms with Crippen LogP contribution >= 0.6 is 23.2 Å². The lowest BCUT2D eigenvalue weighted by atomic mass is 10.2. The van der Waals surface area contributed by atoms with E-state index >= 15 is 0 Å². The molecule has 1 aliphatic heterocycles. The first-order chi connectivity index (χ1) is 7.16. The molecule has 0 aliphatic carbocycles. The fraction of sp³-hybridized carbons (Fsp3) is 0.400. The first-order valence-corrected chi connectivity index (χ1v) is 5.40. The Kier molecular flexibility index (Phi) is 3.36. The van der Waals surface area contributed by atoms with Gasteiger partial charge in [-0.25, -0.2) is 0 Å². The van der Waals surface area contributed by atoms with Gasteiger partial charge >= 0.3 is 0 Å². The van der Waals surface area contributed by atoms with Crippen LogP contribution in [0.15, 0.2) is 18.2 Å². The lowest BCUT2D eigenvalue weighted by molar-refractivity contribution is 0.125. The van der Waals surface area contributed by atoms with E-state index in [2.05, 4.69) is 5.32 Å². The Morgan fingerprint density at radius 3 is 2.80 bits per heavy atom. The summed E-state index contributed by atoms with van der Waals surface area (Å²) in [7, 11) is 0. The minimum absolute atomic E-state index is 0.124. The standard InChI is InChI=1S/C10H11Cl2NO2/c11-6-1-2-7(12)8(3-6)13-9-4-15-5-10(9)14/h1-3,9-10,13-14H,4-5H2. The fourth-order valence-corrected chi connectivity index (χ4v) is 1.83. The van der Waals surface area contributed by atoms with Crippen molar-refractivity contribution in [3.63, 3.8) is 0 Å². The molecule has 1 saturated heterocycles. The van der Waals surface area contributed by atoms with Gasteiger partial charge in [0.2, 0.25) is 0 Å². The largest absolute Gasteiger partial charge is 0.388 e. The van der Waals surface area contributed by atoms with E-state index in [1.54, 1.807) is 18.2 Å². The van der Waals surface area contributed by atoms with Gasteiger partial charge in [-0.05, 0) is 18.2 Å². The molecule has 0 bridgehead atoms. The van der Waals surface area contributed by atoms with Crippen LogP contribution in [-0.2, 0) is 4.74 Å². The van der Waals surface area contributed by atoms with Crippen molar-refractivity contribution in [1.29, 1.82) is 0 Å². The number of benzene rings is 1. The highest BCUT2D eigenvalue weighted by molar-refractivity contribution is 6.35. The Hall–Kier alpha value is -0.480. The van der Waals surface area contributed by atoms with Gasteiger partial charge in [-0.1, -0.05) is 23.2 Å². The zero-order valence-corrected chi connectivity index (χ0v) is 9.42. The van der Waals surface area contributed by atoms with Crippen molar-refractivity contribution >= 4 is 28.9 Å². The van der Waals surface area contributed by atoms with Crippen LogP contribution < -0.4 is 5.32 Å². The van der Waals surface area contributed by atoms with E-state index in [-0.39, 0.29) is 6.04 Å². The maximum atomic E-state index is 9.55. The highest BCUT2D eigenvalue weighted by atomic mass is 35.5. The number of halogens is 2. The lowest BCUT2D eigenvalue weighted by Gasteiger charge is -2.17. The second-order valence-corrected chi connectivity index (χ2v) is 4.32. The Bertz CT molecular complexity index is 359. The molecule has 0 spiro atoms. The van der Waals surface area contributed by atoms with E-state index in [1.807, 2.05) is 0 Å². The number of hydrogen-bond acceptors (Lipinski definition) is 3. The van der Waals surface area contributed by atoms with E-state index in [9.17, 15) is 5.11 Å². The first-order valence-electron chi connectivity index (χ1n) is 4.64. The third-order valence-corrected chi connectivity index (χ3v) is 2.88. The topological polar surface area (TPSA) is 41.5 Å². The van der Waals surface area contributed by atoms with Crippen LogP contribution in [0.2, 0.25) is 10.0 Å². The maximum Gasteiger partial charge on any atom is 0.0996 e. The molecule has 2 rings (SSSR count). The summed E-state index contributed by atoms with van der Waals surface area (Å²) < 4.78 is 5.12. The van der Waals surface area contributed by atoms with Gasteiger partial charge in [0.15, 0.2) is 0 Å². The number of rotatable bonds is 2. The molecule has 1 aromatic rings. The molecule has 1 fully saturated rings. The van der Waals surface area contributed by atoms with Gasteiger partial charge in [-0.3, -0.25) is 0 Å². The predicted molar refractivity (Wildman–Crippen MR) is 60.7 cm³/mol. The molecule has 1 aliphatic rings. The minimum Gasteiger partial charge on any atom is -0.388 e. The predicted octanol–water partition coefficient (Wildman–Crippen LogP) is 2.17. The fourth-order valence-electron chi connectivity index (χ4n) is 1.49. The van der Waals surface area contributed by atoms with Crippen molar-refractivity contribution in [1.82, 2.24) is 0 Å². The summed E-state index contributed by atoms with van der Waals surface area (Å²) in [5.74, 6) is 0. The van der Waals surface area contributed by atoms with Gasteiger partial charge in [0.05, 0.1) is 36.1 Å². The van der Waals surface area contributed by atoms with Gasteiger partial charge in [-0.15, -0.1) is 0 Å². The molecule has 0 aromatic heterocycles. The third-order valence-electron chi connectivity index (χ3n) is 2.32. The maximum absolute atomic E-state index is 9.55. The number of hydrogen-bond donors (Lipinski definition) is 2. The molecule has 2 unspecified atom stereocenters. The second kappa shape index (κ2) is 4.58. The average molecular weight is 248 g/mol. The van der Waals surface area contributed by atoms with Crippen LogP contribution in [0.3, 0.4) is 0 Å². The van der Waals surface area contributed by atoms with Crippen molar-refractivity contribution in [3.05, 3.63) is 28.2 Å².